The third kappa shape index (κ3) is 5.20. The topological polar surface area (TPSA) is 58.9 Å². The first kappa shape index (κ1) is 14.0. The number of rotatable bonds is 9. The lowest BCUT2D eigenvalue weighted by molar-refractivity contribution is 0.382. The van der Waals surface area contributed by atoms with Crippen molar-refractivity contribution in [3.8, 4) is 0 Å². The molecular weight excluding hydrogens is 216 g/mol. The van der Waals surface area contributed by atoms with Gasteiger partial charge in [0.15, 0.2) is 0 Å². The number of hydrogen-bond acceptors (Lipinski definition) is 3. The van der Waals surface area contributed by atoms with Crippen molar-refractivity contribution in [2.75, 3.05) is 0 Å². The first-order valence-electron chi connectivity index (χ1n) is 6.83. The lowest BCUT2D eigenvalue weighted by atomic mass is 9.95. The second kappa shape index (κ2) is 8.09. The molecule has 0 fully saturated rings. The minimum Gasteiger partial charge on any atom is -0.392 e. The van der Waals surface area contributed by atoms with Crippen LogP contribution in [0, 0.1) is 0 Å². The summed E-state index contributed by atoms with van der Waals surface area (Å²) in [5.74, 6) is 0.477. The molecule has 1 heterocycles. The van der Waals surface area contributed by atoms with E-state index in [1.807, 2.05) is 0 Å². The van der Waals surface area contributed by atoms with E-state index in [1.54, 1.807) is 0 Å². The molecule has 0 spiro atoms. The molecule has 4 nitrogen and oxygen atoms in total. The molecular formula is C13H24N2O2. The molecule has 0 saturated heterocycles. The van der Waals surface area contributed by atoms with E-state index >= 15 is 0 Å². The molecule has 0 bridgehead atoms. The lowest BCUT2D eigenvalue weighted by Gasteiger charge is -2.12. The molecule has 0 aliphatic heterocycles. The SMILES string of the molecule is CCCCCC(CCCCC)c1n[nH]c(=O)o1. The average molecular weight is 240 g/mol. The van der Waals surface area contributed by atoms with Crippen molar-refractivity contribution in [1.29, 1.82) is 0 Å². The van der Waals surface area contributed by atoms with E-state index in [9.17, 15) is 4.79 Å². The van der Waals surface area contributed by atoms with Crippen LogP contribution in [0.15, 0.2) is 9.21 Å². The zero-order chi connectivity index (χ0) is 12.5. The van der Waals surface area contributed by atoms with E-state index in [2.05, 4.69) is 24.0 Å². The molecule has 4 heteroatoms. The van der Waals surface area contributed by atoms with Crippen molar-refractivity contribution >= 4 is 0 Å². The Morgan fingerprint density at radius 2 is 1.71 bits per heavy atom. The zero-order valence-corrected chi connectivity index (χ0v) is 11.0. The smallest absolute Gasteiger partial charge is 0.392 e. The number of hydrogen-bond donors (Lipinski definition) is 1. The summed E-state index contributed by atoms with van der Waals surface area (Å²) in [4.78, 5) is 11.0. The third-order valence-corrected chi connectivity index (χ3v) is 3.12. The van der Waals surface area contributed by atoms with Crippen LogP contribution >= 0.6 is 0 Å². The van der Waals surface area contributed by atoms with Gasteiger partial charge in [-0.2, -0.15) is 0 Å². The number of H-pyrrole nitrogens is 1. The Kier molecular flexibility index (Phi) is 6.67. The van der Waals surface area contributed by atoms with Gasteiger partial charge in [-0.3, -0.25) is 0 Å². The van der Waals surface area contributed by atoms with Gasteiger partial charge in [-0.15, -0.1) is 5.10 Å². The maximum Gasteiger partial charge on any atom is 0.434 e. The van der Waals surface area contributed by atoms with E-state index in [1.165, 1.54) is 38.5 Å². The maximum absolute atomic E-state index is 11.0. The van der Waals surface area contributed by atoms with Crippen molar-refractivity contribution in [1.82, 2.24) is 10.2 Å². The van der Waals surface area contributed by atoms with Crippen molar-refractivity contribution in [2.24, 2.45) is 0 Å². The Bertz CT molecular complexity index is 333. The van der Waals surface area contributed by atoms with Crippen LogP contribution in [0.1, 0.15) is 77.0 Å². The molecule has 17 heavy (non-hydrogen) atoms. The molecule has 0 radical (unpaired) electrons. The van der Waals surface area contributed by atoms with Gasteiger partial charge in [0.05, 0.1) is 0 Å². The van der Waals surface area contributed by atoms with Crippen molar-refractivity contribution in [3.05, 3.63) is 16.4 Å². The van der Waals surface area contributed by atoms with E-state index < -0.39 is 5.76 Å². The predicted octanol–water partition coefficient (Wildman–Crippen LogP) is 3.61. The van der Waals surface area contributed by atoms with Gasteiger partial charge >= 0.3 is 5.76 Å². The minimum absolute atomic E-state index is 0.312. The average Bonchev–Trinajstić information content (AvgIpc) is 2.74. The molecule has 1 aromatic rings. The van der Waals surface area contributed by atoms with E-state index in [0.717, 1.165) is 12.8 Å². The molecule has 0 amide bonds. The molecule has 1 rings (SSSR count). The van der Waals surface area contributed by atoms with Crippen LogP contribution in [-0.4, -0.2) is 10.2 Å². The van der Waals surface area contributed by atoms with Gasteiger partial charge in [0.2, 0.25) is 5.89 Å². The summed E-state index contributed by atoms with van der Waals surface area (Å²) in [5, 5.41) is 6.33. The van der Waals surface area contributed by atoms with Gasteiger partial charge in [0, 0.05) is 5.92 Å². The summed E-state index contributed by atoms with van der Waals surface area (Å²) in [6, 6.07) is 0. The summed E-state index contributed by atoms with van der Waals surface area (Å²) >= 11 is 0. The molecule has 0 aliphatic carbocycles. The third-order valence-electron chi connectivity index (χ3n) is 3.12. The predicted molar refractivity (Wildman–Crippen MR) is 68.1 cm³/mol. The molecule has 1 N–H and O–H groups in total. The lowest BCUT2D eigenvalue weighted by Crippen LogP contribution is -2.00. The summed E-state index contributed by atoms with van der Waals surface area (Å²) in [7, 11) is 0. The van der Waals surface area contributed by atoms with Crippen LogP contribution < -0.4 is 5.76 Å². The van der Waals surface area contributed by atoms with E-state index in [0.29, 0.717) is 11.8 Å². The van der Waals surface area contributed by atoms with Gasteiger partial charge in [0.25, 0.3) is 0 Å². The molecule has 1 aromatic heterocycles. The second-order valence-corrected chi connectivity index (χ2v) is 4.64. The number of aromatic nitrogens is 2. The highest BCUT2D eigenvalue weighted by Crippen LogP contribution is 2.25. The largest absolute Gasteiger partial charge is 0.434 e. The fourth-order valence-electron chi connectivity index (χ4n) is 2.09. The second-order valence-electron chi connectivity index (χ2n) is 4.64. The van der Waals surface area contributed by atoms with Gasteiger partial charge < -0.3 is 4.42 Å². The van der Waals surface area contributed by atoms with Gasteiger partial charge in [-0.25, -0.2) is 9.89 Å². The minimum atomic E-state index is -0.434. The first-order valence-corrected chi connectivity index (χ1v) is 6.83. The fourth-order valence-corrected chi connectivity index (χ4v) is 2.09. The van der Waals surface area contributed by atoms with Gasteiger partial charge in [-0.05, 0) is 12.8 Å². The quantitative estimate of drug-likeness (QED) is 0.671. The normalized spacial score (nSPS) is 11.2. The van der Waals surface area contributed by atoms with Crippen LogP contribution in [0.4, 0.5) is 0 Å². The highest BCUT2D eigenvalue weighted by molar-refractivity contribution is 4.88. The monoisotopic (exact) mass is 240 g/mol. The summed E-state index contributed by atoms with van der Waals surface area (Å²) in [6.07, 6.45) is 9.42. The summed E-state index contributed by atoms with van der Waals surface area (Å²) in [5.41, 5.74) is 0. The standard InChI is InChI=1S/C13H24N2O2/c1-3-5-7-9-11(10-8-6-4-2)12-14-15-13(16)17-12/h11H,3-10H2,1-2H3,(H,15,16). The Morgan fingerprint density at radius 3 is 2.12 bits per heavy atom. The molecule has 0 atom stereocenters. The van der Waals surface area contributed by atoms with E-state index in [-0.39, 0.29) is 0 Å². The number of unbranched alkanes of at least 4 members (excludes halogenated alkanes) is 4. The zero-order valence-electron chi connectivity index (χ0n) is 11.0. The summed E-state index contributed by atoms with van der Waals surface area (Å²) in [6.45, 7) is 4.39. The fraction of sp³-hybridized carbons (Fsp3) is 0.846. The van der Waals surface area contributed by atoms with Crippen molar-refractivity contribution in [3.63, 3.8) is 0 Å². The van der Waals surface area contributed by atoms with Crippen LogP contribution in [0.5, 0.6) is 0 Å². The van der Waals surface area contributed by atoms with Crippen LogP contribution in [-0.2, 0) is 0 Å². The number of nitrogens with one attached hydrogen (secondary N) is 1. The van der Waals surface area contributed by atoms with Crippen molar-refractivity contribution < 1.29 is 4.42 Å². The Morgan fingerprint density at radius 1 is 1.12 bits per heavy atom. The molecule has 0 aliphatic rings. The Balaban J connectivity index is 2.49. The molecule has 0 unspecified atom stereocenters. The molecule has 0 saturated carbocycles. The molecule has 0 aromatic carbocycles. The first-order chi connectivity index (χ1) is 8.27. The van der Waals surface area contributed by atoms with Crippen LogP contribution in [0.25, 0.3) is 0 Å². The number of nitrogens with zero attached hydrogens (tertiary/aromatic N) is 1. The highest BCUT2D eigenvalue weighted by Gasteiger charge is 2.16. The van der Waals surface area contributed by atoms with Crippen molar-refractivity contribution in [2.45, 2.75) is 71.1 Å². The Labute approximate surface area is 103 Å². The number of aromatic amines is 1. The highest BCUT2D eigenvalue weighted by atomic mass is 16.4. The van der Waals surface area contributed by atoms with Gasteiger partial charge in [0.1, 0.15) is 0 Å². The van der Waals surface area contributed by atoms with Crippen LogP contribution in [0.3, 0.4) is 0 Å². The van der Waals surface area contributed by atoms with Crippen LogP contribution in [0.2, 0.25) is 0 Å². The Hall–Kier alpha value is -1.06. The van der Waals surface area contributed by atoms with Gasteiger partial charge in [-0.1, -0.05) is 52.4 Å². The summed E-state index contributed by atoms with van der Waals surface area (Å²) < 4.78 is 5.08. The molecule has 98 valence electrons. The maximum atomic E-state index is 11.0. The van der Waals surface area contributed by atoms with E-state index in [4.69, 9.17) is 4.42 Å².